The van der Waals surface area contributed by atoms with Crippen LogP contribution in [0.25, 0.3) is 0 Å². The molecule has 0 unspecified atom stereocenters. The number of sulfonamides is 1. The van der Waals surface area contributed by atoms with Gasteiger partial charge in [0.15, 0.2) is 0 Å². The highest BCUT2D eigenvalue weighted by atomic mass is 32.2. The molecule has 0 saturated carbocycles. The Morgan fingerprint density at radius 2 is 1.79 bits per heavy atom. The van der Waals surface area contributed by atoms with Gasteiger partial charge in [-0.25, -0.2) is 13.1 Å². The van der Waals surface area contributed by atoms with E-state index in [4.69, 9.17) is 10.00 Å². The Bertz CT molecular complexity index is 822. The van der Waals surface area contributed by atoms with Crippen LogP contribution >= 0.6 is 0 Å². The Hall–Kier alpha value is -2.36. The van der Waals surface area contributed by atoms with E-state index in [-0.39, 0.29) is 23.1 Å². The van der Waals surface area contributed by atoms with Crippen molar-refractivity contribution in [3.8, 4) is 11.8 Å². The van der Waals surface area contributed by atoms with Crippen LogP contribution in [0.2, 0.25) is 0 Å². The van der Waals surface area contributed by atoms with Crippen molar-refractivity contribution in [2.24, 2.45) is 0 Å². The molecular formula is C18H20N2O3S. The van der Waals surface area contributed by atoms with E-state index in [9.17, 15) is 8.42 Å². The summed E-state index contributed by atoms with van der Waals surface area (Å²) in [6.45, 7) is 4.18. The van der Waals surface area contributed by atoms with Crippen LogP contribution in [0.3, 0.4) is 0 Å². The number of benzene rings is 2. The van der Waals surface area contributed by atoms with Crippen molar-refractivity contribution in [2.75, 3.05) is 6.54 Å². The van der Waals surface area contributed by atoms with Crippen LogP contribution in [0.1, 0.15) is 25.0 Å². The van der Waals surface area contributed by atoms with Crippen LogP contribution < -0.4 is 9.46 Å². The van der Waals surface area contributed by atoms with Gasteiger partial charge in [-0.15, -0.1) is 0 Å². The van der Waals surface area contributed by atoms with Gasteiger partial charge in [0.2, 0.25) is 10.0 Å². The van der Waals surface area contributed by atoms with Gasteiger partial charge in [0.25, 0.3) is 0 Å². The SMILES string of the molecule is CC(C)Oc1ccc(CCNS(=O)(=O)c2ccccc2C#N)cc1. The van der Waals surface area contributed by atoms with Gasteiger partial charge in [-0.3, -0.25) is 0 Å². The van der Waals surface area contributed by atoms with Gasteiger partial charge in [0.05, 0.1) is 16.6 Å². The Labute approximate surface area is 142 Å². The molecule has 0 saturated heterocycles. The minimum atomic E-state index is -3.69. The molecule has 0 aliphatic heterocycles. The summed E-state index contributed by atoms with van der Waals surface area (Å²) in [7, 11) is -3.69. The van der Waals surface area contributed by atoms with Crippen LogP contribution in [0.15, 0.2) is 53.4 Å². The molecule has 0 aliphatic carbocycles. The Kier molecular flexibility index (Phi) is 5.96. The van der Waals surface area contributed by atoms with Crippen LogP contribution in [0, 0.1) is 11.3 Å². The number of ether oxygens (including phenoxy) is 1. The van der Waals surface area contributed by atoms with Gasteiger partial charge in [0, 0.05) is 6.54 Å². The molecule has 0 aromatic heterocycles. The van der Waals surface area contributed by atoms with Crippen LogP contribution in [-0.4, -0.2) is 21.1 Å². The smallest absolute Gasteiger partial charge is 0.241 e. The topological polar surface area (TPSA) is 79.2 Å². The lowest BCUT2D eigenvalue weighted by molar-refractivity contribution is 0.242. The standard InChI is InChI=1S/C18H20N2O3S/c1-14(2)23-17-9-7-15(8-10-17)11-12-20-24(21,22)18-6-4-3-5-16(18)13-19/h3-10,14,20H,11-12H2,1-2H3. The zero-order valence-electron chi connectivity index (χ0n) is 13.7. The first-order valence-corrected chi connectivity index (χ1v) is 9.15. The molecule has 0 aliphatic rings. The summed E-state index contributed by atoms with van der Waals surface area (Å²) in [6, 6.07) is 15.6. The number of nitrogens with zero attached hydrogens (tertiary/aromatic N) is 1. The molecule has 2 aromatic carbocycles. The summed E-state index contributed by atoms with van der Waals surface area (Å²) in [5.41, 5.74) is 1.14. The average Bonchev–Trinajstić information content (AvgIpc) is 2.56. The molecule has 0 atom stereocenters. The van der Waals surface area contributed by atoms with Gasteiger partial charge >= 0.3 is 0 Å². The molecule has 0 radical (unpaired) electrons. The average molecular weight is 344 g/mol. The van der Waals surface area contributed by atoms with E-state index >= 15 is 0 Å². The quantitative estimate of drug-likeness (QED) is 0.837. The van der Waals surface area contributed by atoms with E-state index in [1.165, 1.54) is 12.1 Å². The third-order valence-corrected chi connectivity index (χ3v) is 4.82. The van der Waals surface area contributed by atoms with Crippen molar-refractivity contribution in [3.63, 3.8) is 0 Å². The lowest BCUT2D eigenvalue weighted by atomic mass is 10.1. The first-order chi connectivity index (χ1) is 11.4. The highest BCUT2D eigenvalue weighted by molar-refractivity contribution is 7.89. The molecular weight excluding hydrogens is 324 g/mol. The fourth-order valence-electron chi connectivity index (χ4n) is 2.21. The van der Waals surface area contributed by atoms with Crippen molar-refractivity contribution in [2.45, 2.75) is 31.3 Å². The summed E-state index contributed by atoms with van der Waals surface area (Å²) in [5, 5.41) is 9.02. The van der Waals surface area contributed by atoms with Crippen LogP contribution in [0.4, 0.5) is 0 Å². The maximum atomic E-state index is 12.3. The summed E-state index contributed by atoms with van der Waals surface area (Å²) in [6.07, 6.45) is 0.665. The summed E-state index contributed by atoms with van der Waals surface area (Å²) >= 11 is 0. The molecule has 0 heterocycles. The summed E-state index contributed by atoms with van der Waals surface area (Å²) in [5.74, 6) is 0.789. The molecule has 1 N–H and O–H groups in total. The monoisotopic (exact) mass is 344 g/mol. The van der Waals surface area contributed by atoms with Gasteiger partial charge in [-0.2, -0.15) is 5.26 Å². The van der Waals surface area contributed by atoms with E-state index in [0.717, 1.165) is 11.3 Å². The van der Waals surface area contributed by atoms with Gasteiger partial charge < -0.3 is 4.74 Å². The van der Waals surface area contributed by atoms with E-state index in [0.29, 0.717) is 6.42 Å². The largest absolute Gasteiger partial charge is 0.491 e. The maximum Gasteiger partial charge on any atom is 0.241 e. The zero-order valence-corrected chi connectivity index (χ0v) is 14.5. The van der Waals surface area contributed by atoms with E-state index in [1.807, 2.05) is 44.2 Å². The molecule has 0 amide bonds. The van der Waals surface area contributed by atoms with Crippen LogP contribution in [-0.2, 0) is 16.4 Å². The minimum Gasteiger partial charge on any atom is -0.491 e. The fraction of sp³-hybridized carbons (Fsp3) is 0.278. The predicted octanol–water partition coefficient (Wildman–Crippen LogP) is 2.87. The molecule has 126 valence electrons. The summed E-state index contributed by atoms with van der Waals surface area (Å²) < 4.78 is 32.7. The molecule has 2 rings (SSSR count). The molecule has 5 nitrogen and oxygen atoms in total. The Balaban J connectivity index is 1.97. The lowest BCUT2D eigenvalue weighted by Crippen LogP contribution is -2.26. The molecule has 6 heteroatoms. The van der Waals surface area contributed by atoms with Gasteiger partial charge in [-0.1, -0.05) is 24.3 Å². The number of rotatable bonds is 7. The Morgan fingerprint density at radius 1 is 1.12 bits per heavy atom. The first kappa shape index (κ1) is 18.0. The number of nitrogens with one attached hydrogen (secondary N) is 1. The van der Waals surface area contributed by atoms with E-state index < -0.39 is 10.0 Å². The van der Waals surface area contributed by atoms with Gasteiger partial charge in [0.1, 0.15) is 11.8 Å². The van der Waals surface area contributed by atoms with E-state index in [2.05, 4.69) is 4.72 Å². The van der Waals surface area contributed by atoms with Crippen molar-refractivity contribution in [3.05, 3.63) is 59.7 Å². The zero-order chi connectivity index (χ0) is 17.6. The molecule has 0 spiro atoms. The number of hydrogen-bond donors (Lipinski definition) is 1. The van der Waals surface area contributed by atoms with E-state index in [1.54, 1.807) is 12.1 Å². The lowest BCUT2D eigenvalue weighted by Gasteiger charge is -2.11. The minimum absolute atomic E-state index is 0.00758. The number of nitriles is 1. The summed E-state index contributed by atoms with van der Waals surface area (Å²) in [4.78, 5) is 0.00758. The van der Waals surface area contributed by atoms with Crippen molar-refractivity contribution in [1.82, 2.24) is 4.72 Å². The molecule has 2 aromatic rings. The van der Waals surface area contributed by atoms with Crippen molar-refractivity contribution in [1.29, 1.82) is 5.26 Å². The first-order valence-electron chi connectivity index (χ1n) is 7.67. The number of hydrogen-bond acceptors (Lipinski definition) is 4. The maximum absolute atomic E-state index is 12.3. The van der Waals surface area contributed by atoms with Gasteiger partial charge in [-0.05, 0) is 50.1 Å². The third kappa shape index (κ3) is 4.82. The van der Waals surface area contributed by atoms with Crippen molar-refractivity contribution >= 4 is 10.0 Å². The predicted molar refractivity (Wildman–Crippen MR) is 92.3 cm³/mol. The van der Waals surface area contributed by atoms with Crippen molar-refractivity contribution < 1.29 is 13.2 Å². The second-order valence-corrected chi connectivity index (χ2v) is 7.30. The highest BCUT2D eigenvalue weighted by Crippen LogP contribution is 2.15. The fourth-order valence-corrected chi connectivity index (χ4v) is 3.39. The normalized spacial score (nSPS) is 11.2. The highest BCUT2D eigenvalue weighted by Gasteiger charge is 2.17. The Morgan fingerprint density at radius 3 is 2.42 bits per heavy atom. The second-order valence-electron chi connectivity index (χ2n) is 5.57. The molecule has 24 heavy (non-hydrogen) atoms. The molecule has 0 bridgehead atoms. The second kappa shape index (κ2) is 7.95. The third-order valence-electron chi connectivity index (χ3n) is 3.30. The van der Waals surface area contributed by atoms with Crippen LogP contribution in [0.5, 0.6) is 5.75 Å². The molecule has 0 fully saturated rings.